The molecule has 0 aliphatic rings. The fourth-order valence-corrected chi connectivity index (χ4v) is 1.94. The van der Waals surface area contributed by atoms with Gasteiger partial charge in [0.25, 0.3) is 5.91 Å². The molecule has 0 bridgehead atoms. The van der Waals surface area contributed by atoms with Crippen molar-refractivity contribution in [2.75, 3.05) is 5.32 Å². The van der Waals surface area contributed by atoms with E-state index >= 15 is 0 Å². The Morgan fingerprint density at radius 3 is 2.75 bits per heavy atom. The number of nitrogens with one attached hydrogen (secondary N) is 1. The van der Waals surface area contributed by atoms with Crippen LogP contribution < -0.4 is 5.32 Å². The highest BCUT2D eigenvalue weighted by atomic mass is 127. The van der Waals surface area contributed by atoms with Gasteiger partial charge in [0, 0.05) is 22.9 Å². The van der Waals surface area contributed by atoms with Crippen LogP contribution in [0.3, 0.4) is 0 Å². The lowest BCUT2D eigenvalue weighted by molar-refractivity contribution is 0.102. The van der Waals surface area contributed by atoms with Gasteiger partial charge in [0.05, 0.1) is 5.56 Å². The lowest BCUT2D eigenvalue weighted by Gasteiger charge is -2.03. The highest BCUT2D eigenvalue weighted by molar-refractivity contribution is 14.1. The first-order valence-corrected chi connectivity index (χ1v) is 5.80. The van der Waals surface area contributed by atoms with Gasteiger partial charge in [-0.25, -0.2) is 0 Å². The average molecular weight is 327 g/mol. The van der Waals surface area contributed by atoms with Crippen LogP contribution in [0.1, 0.15) is 10.4 Å². The topological polar surface area (TPSA) is 46.9 Å². The molecule has 1 aromatic carbocycles. The number of amides is 1. The zero-order valence-corrected chi connectivity index (χ0v) is 10.8. The highest BCUT2D eigenvalue weighted by Gasteiger charge is 2.10. The van der Waals surface area contributed by atoms with E-state index in [1.165, 1.54) is 0 Å². The maximum absolute atomic E-state index is 11.9. The first-order chi connectivity index (χ1) is 7.66. The third kappa shape index (κ3) is 2.41. The number of carbonyl (C=O) groups excluding carboxylic acids is 1. The number of carbonyl (C=O) groups is 1. The number of nitrogens with zero attached hydrogens (tertiary/aromatic N) is 2. The van der Waals surface area contributed by atoms with Crippen LogP contribution in [0.15, 0.2) is 36.5 Å². The van der Waals surface area contributed by atoms with Gasteiger partial charge in [-0.05, 0) is 34.7 Å². The van der Waals surface area contributed by atoms with Crippen molar-refractivity contribution >= 4 is 34.3 Å². The summed E-state index contributed by atoms with van der Waals surface area (Å²) in [6, 6.07) is 9.19. The van der Waals surface area contributed by atoms with Crippen molar-refractivity contribution in [3.8, 4) is 0 Å². The number of halogens is 1. The molecule has 0 fully saturated rings. The van der Waals surface area contributed by atoms with E-state index in [2.05, 4.69) is 33.0 Å². The number of benzene rings is 1. The number of anilines is 1. The van der Waals surface area contributed by atoms with Crippen LogP contribution in [0, 0.1) is 3.57 Å². The number of hydrogen-bond donors (Lipinski definition) is 1. The predicted octanol–water partition coefficient (Wildman–Crippen LogP) is 2.28. The SMILES string of the molecule is Cn1ccc(NC(=O)c2ccccc2I)n1. The van der Waals surface area contributed by atoms with E-state index < -0.39 is 0 Å². The van der Waals surface area contributed by atoms with Crippen molar-refractivity contribution in [3.63, 3.8) is 0 Å². The molecule has 0 saturated heterocycles. The van der Waals surface area contributed by atoms with Crippen molar-refractivity contribution < 1.29 is 4.79 Å². The Morgan fingerprint density at radius 2 is 2.12 bits per heavy atom. The molecule has 0 aliphatic carbocycles. The quantitative estimate of drug-likeness (QED) is 0.861. The van der Waals surface area contributed by atoms with Gasteiger partial charge in [0.1, 0.15) is 0 Å². The summed E-state index contributed by atoms with van der Waals surface area (Å²) < 4.78 is 2.57. The van der Waals surface area contributed by atoms with Gasteiger partial charge in [0.15, 0.2) is 5.82 Å². The molecule has 0 unspecified atom stereocenters. The summed E-state index contributed by atoms with van der Waals surface area (Å²) in [6.07, 6.45) is 1.78. The van der Waals surface area contributed by atoms with Gasteiger partial charge in [-0.2, -0.15) is 5.10 Å². The molecule has 4 nitrogen and oxygen atoms in total. The third-order valence-electron chi connectivity index (χ3n) is 2.07. The lowest BCUT2D eigenvalue weighted by atomic mass is 10.2. The van der Waals surface area contributed by atoms with E-state index in [0.29, 0.717) is 11.4 Å². The van der Waals surface area contributed by atoms with Crippen molar-refractivity contribution in [2.24, 2.45) is 7.05 Å². The summed E-state index contributed by atoms with van der Waals surface area (Å²) in [5.41, 5.74) is 0.661. The van der Waals surface area contributed by atoms with Crippen LogP contribution in [-0.2, 0) is 7.05 Å². The molecule has 0 saturated carbocycles. The molecular formula is C11H10IN3O. The minimum Gasteiger partial charge on any atom is -0.305 e. The Morgan fingerprint density at radius 1 is 1.38 bits per heavy atom. The van der Waals surface area contributed by atoms with Gasteiger partial charge in [-0.1, -0.05) is 12.1 Å². The predicted molar refractivity (Wildman–Crippen MR) is 70.3 cm³/mol. The zero-order chi connectivity index (χ0) is 11.5. The monoisotopic (exact) mass is 327 g/mol. The smallest absolute Gasteiger partial charge is 0.257 e. The number of hydrogen-bond acceptors (Lipinski definition) is 2. The molecule has 16 heavy (non-hydrogen) atoms. The standard InChI is InChI=1S/C11H10IN3O/c1-15-7-6-10(14-15)13-11(16)8-4-2-3-5-9(8)12/h2-7H,1H3,(H,13,14,16). The Bertz CT molecular complexity index is 521. The van der Waals surface area contributed by atoms with E-state index in [1.807, 2.05) is 25.2 Å². The lowest BCUT2D eigenvalue weighted by Crippen LogP contribution is -2.13. The summed E-state index contributed by atoms with van der Waals surface area (Å²) in [6.45, 7) is 0. The number of aromatic nitrogens is 2. The van der Waals surface area contributed by atoms with Crippen LogP contribution in [-0.4, -0.2) is 15.7 Å². The molecule has 2 aromatic rings. The van der Waals surface area contributed by atoms with Gasteiger partial charge < -0.3 is 5.32 Å². The Kier molecular flexibility index (Phi) is 3.23. The molecule has 1 N–H and O–H groups in total. The van der Waals surface area contributed by atoms with Crippen molar-refractivity contribution in [3.05, 3.63) is 45.7 Å². The second-order valence-electron chi connectivity index (χ2n) is 3.31. The minimum atomic E-state index is -0.135. The fraction of sp³-hybridized carbons (Fsp3) is 0.0909. The van der Waals surface area contributed by atoms with E-state index in [0.717, 1.165) is 3.57 Å². The van der Waals surface area contributed by atoms with Gasteiger partial charge in [-0.15, -0.1) is 0 Å². The number of rotatable bonds is 2. The summed E-state index contributed by atoms with van der Waals surface area (Å²) in [5, 5.41) is 6.83. The van der Waals surface area contributed by atoms with Crippen molar-refractivity contribution in [1.82, 2.24) is 9.78 Å². The first kappa shape index (κ1) is 11.1. The summed E-state index contributed by atoms with van der Waals surface area (Å²) in [5.74, 6) is 0.427. The molecule has 0 atom stereocenters. The molecule has 0 radical (unpaired) electrons. The van der Waals surface area contributed by atoms with Crippen molar-refractivity contribution in [1.29, 1.82) is 0 Å². The second-order valence-corrected chi connectivity index (χ2v) is 4.47. The Hall–Kier alpha value is -1.37. The molecule has 1 aromatic heterocycles. The molecule has 5 heteroatoms. The fourth-order valence-electron chi connectivity index (χ4n) is 1.31. The molecule has 1 amide bonds. The maximum Gasteiger partial charge on any atom is 0.257 e. The molecule has 2 rings (SSSR count). The first-order valence-electron chi connectivity index (χ1n) is 4.72. The molecule has 82 valence electrons. The summed E-state index contributed by atoms with van der Waals surface area (Å²) in [4.78, 5) is 11.9. The van der Waals surface area contributed by atoms with Gasteiger partial charge >= 0.3 is 0 Å². The molecule has 0 spiro atoms. The van der Waals surface area contributed by atoms with E-state index in [-0.39, 0.29) is 5.91 Å². The van der Waals surface area contributed by atoms with E-state index in [1.54, 1.807) is 23.0 Å². The second kappa shape index (κ2) is 4.65. The molecule has 0 aliphatic heterocycles. The van der Waals surface area contributed by atoms with E-state index in [4.69, 9.17) is 0 Å². The van der Waals surface area contributed by atoms with E-state index in [9.17, 15) is 4.79 Å². The van der Waals surface area contributed by atoms with Crippen LogP contribution in [0.25, 0.3) is 0 Å². The zero-order valence-electron chi connectivity index (χ0n) is 8.64. The Labute approximate surface area is 107 Å². The van der Waals surface area contributed by atoms with Crippen LogP contribution >= 0.6 is 22.6 Å². The van der Waals surface area contributed by atoms with Gasteiger partial charge in [0.2, 0.25) is 0 Å². The van der Waals surface area contributed by atoms with Crippen molar-refractivity contribution in [2.45, 2.75) is 0 Å². The van der Waals surface area contributed by atoms with Crippen LogP contribution in [0.2, 0.25) is 0 Å². The van der Waals surface area contributed by atoms with Crippen LogP contribution in [0.5, 0.6) is 0 Å². The summed E-state index contributed by atoms with van der Waals surface area (Å²) in [7, 11) is 1.81. The maximum atomic E-state index is 11.9. The largest absolute Gasteiger partial charge is 0.305 e. The highest BCUT2D eigenvalue weighted by Crippen LogP contribution is 2.13. The van der Waals surface area contributed by atoms with Gasteiger partial charge in [-0.3, -0.25) is 9.48 Å². The molecular weight excluding hydrogens is 317 g/mol. The average Bonchev–Trinajstić information content (AvgIpc) is 2.64. The normalized spacial score (nSPS) is 10.1. The minimum absolute atomic E-state index is 0.135. The molecule has 1 heterocycles. The number of aryl methyl sites for hydroxylation is 1. The Balaban J connectivity index is 2.18. The third-order valence-corrected chi connectivity index (χ3v) is 3.01. The summed E-state index contributed by atoms with van der Waals surface area (Å²) >= 11 is 2.14. The van der Waals surface area contributed by atoms with Crippen LogP contribution in [0.4, 0.5) is 5.82 Å².